The van der Waals surface area contributed by atoms with Gasteiger partial charge in [0.2, 0.25) is 5.91 Å². The highest BCUT2D eigenvalue weighted by molar-refractivity contribution is 14.0. The zero-order valence-electron chi connectivity index (χ0n) is 14.9. The van der Waals surface area contributed by atoms with E-state index in [1.54, 1.807) is 11.3 Å². The lowest BCUT2D eigenvalue weighted by Crippen LogP contribution is -2.37. The zero-order valence-corrected chi connectivity index (χ0v) is 19.7. The highest BCUT2D eigenvalue weighted by Gasteiger charge is 2.06. The number of amides is 1. The lowest BCUT2D eigenvalue weighted by atomic mass is 10.2. The molecule has 0 unspecified atom stereocenters. The van der Waals surface area contributed by atoms with Gasteiger partial charge in [0.15, 0.2) is 5.96 Å². The Morgan fingerprint density at radius 1 is 1.31 bits per heavy atom. The predicted molar refractivity (Wildman–Crippen MR) is 123 cm³/mol. The van der Waals surface area contributed by atoms with Gasteiger partial charge >= 0.3 is 0 Å². The van der Waals surface area contributed by atoms with Gasteiger partial charge in [0.1, 0.15) is 11.6 Å². The maximum Gasteiger partial charge on any atom is 0.246 e. The highest BCUT2D eigenvalue weighted by Crippen LogP contribution is 2.20. The maximum absolute atomic E-state index is 12.2. The van der Waals surface area contributed by atoms with E-state index in [4.69, 9.17) is 0 Å². The fourth-order valence-corrected chi connectivity index (χ4v) is 3.14. The van der Waals surface area contributed by atoms with Crippen molar-refractivity contribution in [2.75, 3.05) is 18.4 Å². The van der Waals surface area contributed by atoms with Crippen molar-refractivity contribution in [1.29, 1.82) is 0 Å². The lowest BCUT2D eigenvalue weighted by Gasteiger charge is -2.11. The first-order chi connectivity index (χ1) is 12.0. The molecule has 0 saturated heterocycles. The molecule has 1 amide bonds. The molecular formula is C17H23BrIN5OS. The quantitative estimate of drug-likeness (QED) is 0.289. The van der Waals surface area contributed by atoms with Gasteiger partial charge in [-0.3, -0.25) is 4.79 Å². The summed E-state index contributed by atoms with van der Waals surface area (Å²) in [5.74, 6) is 0.431. The Labute approximate surface area is 183 Å². The van der Waals surface area contributed by atoms with Crippen molar-refractivity contribution in [3.8, 4) is 0 Å². The molecule has 0 spiro atoms. The van der Waals surface area contributed by atoms with Gasteiger partial charge in [-0.15, -0.1) is 35.3 Å². The first-order valence-corrected chi connectivity index (χ1v) is 9.58. The van der Waals surface area contributed by atoms with E-state index in [0.29, 0.717) is 12.5 Å². The van der Waals surface area contributed by atoms with Crippen LogP contribution in [0, 0.1) is 13.8 Å². The Morgan fingerprint density at radius 2 is 2.08 bits per heavy atom. The van der Waals surface area contributed by atoms with E-state index >= 15 is 0 Å². The van der Waals surface area contributed by atoms with Crippen molar-refractivity contribution in [1.82, 2.24) is 15.6 Å². The Hall–Kier alpha value is -1.20. The molecule has 3 N–H and O–H groups in total. The van der Waals surface area contributed by atoms with Gasteiger partial charge in [-0.05, 0) is 38.5 Å². The summed E-state index contributed by atoms with van der Waals surface area (Å²) in [6, 6.07) is 5.77. The molecule has 2 rings (SSSR count). The number of carbonyl (C=O) groups excluding carboxylic acids is 1. The minimum absolute atomic E-state index is 0. The fraction of sp³-hybridized carbons (Fsp3) is 0.353. The molecule has 9 heteroatoms. The number of hydrogen-bond donors (Lipinski definition) is 3. The van der Waals surface area contributed by atoms with E-state index in [0.717, 1.165) is 27.3 Å². The minimum Gasteiger partial charge on any atom is -0.357 e. The Morgan fingerprint density at radius 3 is 2.73 bits per heavy atom. The van der Waals surface area contributed by atoms with Gasteiger partial charge in [-0.25, -0.2) is 9.98 Å². The number of nitrogens with zero attached hydrogens (tertiary/aromatic N) is 2. The SMILES string of the molecule is CCNC(=NCC(=O)Nc1cc(Br)ccc1C)NCc1ncc(C)s1.I. The summed E-state index contributed by atoms with van der Waals surface area (Å²) in [5.41, 5.74) is 1.79. The van der Waals surface area contributed by atoms with E-state index < -0.39 is 0 Å². The molecule has 0 atom stereocenters. The summed E-state index contributed by atoms with van der Waals surface area (Å²) in [6.07, 6.45) is 1.85. The lowest BCUT2D eigenvalue weighted by molar-refractivity contribution is -0.114. The van der Waals surface area contributed by atoms with Gasteiger partial charge in [0, 0.05) is 27.8 Å². The summed E-state index contributed by atoms with van der Waals surface area (Å²) in [5, 5.41) is 10.2. The average molecular weight is 552 g/mol. The standard InChI is InChI=1S/C17H22BrN5OS.HI/c1-4-19-17(22-10-16-20-8-12(3)25-16)21-9-15(24)23-14-7-13(18)6-5-11(14)2;/h5-8H,4,9-10H2,1-3H3,(H,23,24)(H2,19,21,22);1H. The molecule has 0 fully saturated rings. The van der Waals surface area contributed by atoms with Crippen LogP contribution in [-0.2, 0) is 11.3 Å². The van der Waals surface area contributed by atoms with E-state index in [2.05, 4.69) is 41.9 Å². The van der Waals surface area contributed by atoms with Crippen LogP contribution in [0.15, 0.2) is 33.9 Å². The van der Waals surface area contributed by atoms with E-state index in [9.17, 15) is 4.79 Å². The number of halogens is 2. The number of guanidine groups is 1. The smallest absolute Gasteiger partial charge is 0.246 e. The van der Waals surface area contributed by atoms with E-state index in [-0.39, 0.29) is 36.4 Å². The molecular weight excluding hydrogens is 529 g/mol. The van der Waals surface area contributed by atoms with Gasteiger partial charge in [0.25, 0.3) is 0 Å². The molecule has 0 bridgehead atoms. The highest BCUT2D eigenvalue weighted by atomic mass is 127. The number of anilines is 1. The van der Waals surface area contributed by atoms with Crippen molar-refractivity contribution >= 4 is 68.8 Å². The third-order valence-corrected chi connectivity index (χ3v) is 4.68. The molecule has 0 aliphatic carbocycles. The maximum atomic E-state index is 12.2. The van der Waals surface area contributed by atoms with Gasteiger partial charge in [-0.2, -0.15) is 0 Å². The first-order valence-electron chi connectivity index (χ1n) is 7.97. The monoisotopic (exact) mass is 551 g/mol. The van der Waals surface area contributed by atoms with E-state index in [1.165, 1.54) is 4.88 Å². The molecule has 1 aromatic carbocycles. The van der Waals surface area contributed by atoms with Crippen LogP contribution >= 0.6 is 51.2 Å². The minimum atomic E-state index is -0.163. The van der Waals surface area contributed by atoms with Crippen molar-refractivity contribution in [2.45, 2.75) is 27.3 Å². The molecule has 6 nitrogen and oxygen atoms in total. The number of aliphatic imine (C=N–C) groups is 1. The fourth-order valence-electron chi connectivity index (χ4n) is 2.05. The Balaban J connectivity index is 0.00000338. The molecule has 0 saturated carbocycles. The van der Waals surface area contributed by atoms with Gasteiger partial charge < -0.3 is 16.0 Å². The number of carbonyl (C=O) groups is 1. The summed E-state index contributed by atoms with van der Waals surface area (Å²) >= 11 is 5.05. The number of benzene rings is 1. The van der Waals surface area contributed by atoms with Crippen LogP contribution in [-0.4, -0.2) is 29.9 Å². The van der Waals surface area contributed by atoms with Crippen LogP contribution in [0.2, 0.25) is 0 Å². The second-order valence-electron chi connectivity index (χ2n) is 5.42. The Bertz CT molecular complexity index is 765. The van der Waals surface area contributed by atoms with Gasteiger partial charge in [0.05, 0.1) is 6.54 Å². The molecule has 0 aliphatic rings. The van der Waals surface area contributed by atoms with Crippen LogP contribution in [0.25, 0.3) is 0 Å². The largest absolute Gasteiger partial charge is 0.357 e. The molecule has 2 aromatic rings. The Kier molecular flexibility index (Phi) is 10.1. The van der Waals surface area contributed by atoms with Crippen molar-refractivity contribution in [3.05, 3.63) is 44.3 Å². The zero-order chi connectivity index (χ0) is 18.2. The molecule has 0 radical (unpaired) electrons. The summed E-state index contributed by atoms with van der Waals surface area (Å²) < 4.78 is 0.922. The number of aryl methyl sites for hydroxylation is 2. The van der Waals surface area contributed by atoms with Crippen LogP contribution in [0.3, 0.4) is 0 Å². The topological polar surface area (TPSA) is 78.4 Å². The molecule has 26 heavy (non-hydrogen) atoms. The number of thiazole rings is 1. The van der Waals surface area contributed by atoms with Crippen LogP contribution in [0.1, 0.15) is 22.4 Å². The normalized spacial score (nSPS) is 10.8. The molecule has 142 valence electrons. The number of aromatic nitrogens is 1. The van der Waals surface area contributed by atoms with Crippen LogP contribution in [0.5, 0.6) is 0 Å². The molecule has 0 aliphatic heterocycles. The number of hydrogen-bond acceptors (Lipinski definition) is 4. The van der Waals surface area contributed by atoms with Crippen LogP contribution in [0.4, 0.5) is 5.69 Å². The predicted octanol–water partition coefficient (Wildman–Crippen LogP) is 3.83. The average Bonchev–Trinajstić information content (AvgIpc) is 2.99. The van der Waals surface area contributed by atoms with Crippen molar-refractivity contribution in [2.24, 2.45) is 4.99 Å². The second-order valence-corrected chi connectivity index (χ2v) is 7.66. The third kappa shape index (κ3) is 7.58. The molecule has 1 aromatic heterocycles. The summed E-state index contributed by atoms with van der Waals surface area (Å²) in [7, 11) is 0. The third-order valence-electron chi connectivity index (χ3n) is 3.27. The van der Waals surface area contributed by atoms with E-state index in [1.807, 2.05) is 45.2 Å². The number of nitrogens with one attached hydrogen (secondary N) is 3. The summed E-state index contributed by atoms with van der Waals surface area (Å²) in [4.78, 5) is 22.0. The second kappa shape index (κ2) is 11.5. The van der Waals surface area contributed by atoms with Crippen molar-refractivity contribution in [3.63, 3.8) is 0 Å². The first kappa shape index (κ1) is 22.8. The number of rotatable bonds is 6. The van der Waals surface area contributed by atoms with Crippen LogP contribution < -0.4 is 16.0 Å². The summed E-state index contributed by atoms with van der Waals surface area (Å²) in [6.45, 7) is 7.29. The molecule has 1 heterocycles. The van der Waals surface area contributed by atoms with Crippen molar-refractivity contribution < 1.29 is 4.79 Å². The van der Waals surface area contributed by atoms with Gasteiger partial charge in [-0.1, -0.05) is 22.0 Å².